The molecule has 0 saturated heterocycles. The fourth-order valence-electron chi connectivity index (χ4n) is 1.67. The predicted molar refractivity (Wildman–Crippen MR) is 69.5 cm³/mol. The average Bonchev–Trinajstić information content (AvgIpc) is 2.26. The first-order chi connectivity index (χ1) is 8.98. The number of hydrogen-bond acceptors (Lipinski definition) is 3. The van der Waals surface area contributed by atoms with E-state index in [0.29, 0.717) is 12.5 Å². The van der Waals surface area contributed by atoms with Gasteiger partial charge in [-0.25, -0.2) is 13.1 Å². The molecule has 20 heavy (non-hydrogen) atoms. The zero-order valence-electron chi connectivity index (χ0n) is 11.2. The van der Waals surface area contributed by atoms with Crippen LogP contribution in [-0.4, -0.2) is 20.5 Å². The van der Waals surface area contributed by atoms with E-state index in [1.165, 1.54) is 0 Å². The minimum atomic E-state index is -4.59. The van der Waals surface area contributed by atoms with Crippen LogP contribution in [0, 0.1) is 0 Å². The third kappa shape index (κ3) is 4.46. The molecule has 0 spiro atoms. The lowest BCUT2D eigenvalue weighted by molar-refractivity contribution is -0.137. The molecule has 0 bridgehead atoms. The van der Waals surface area contributed by atoms with Crippen LogP contribution in [0.3, 0.4) is 0 Å². The van der Waals surface area contributed by atoms with Crippen LogP contribution in [0.4, 0.5) is 13.2 Å². The molecule has 0 fully saturated rings. The fourth-order valence-corrected chi connectivity index (χ4v) is 3.16. The van der Waals surface area contributed by atoms with Gasteiger partial charge in [0.15, 0.2) is 0 Å². The van der Waals surface area contributed by atoms with Crippen molar-refractivity contribution in [2.75, 3.05) is 6.54 Å². The molecular weight excluding hydrogens is 293 g/mol. The Kier molecular flexibility index (Phi) is 4.83. The van der Waals surface area contributed by atoms with Gasteiger partial charge >= 0.3 is 6.18 Å². The summed E-state index contributed by atoms with van der Waals surface area (Å²) in [7, 11) is -4.03. The summed E-state index contributed by atoms with van der Waals surface area (Å²) >= 11 is 0. The lowest BCUT2D eigenvalue weighted by Crippen LogP contribution is -2.44. The smallest absolute Gasteiger partial charge is 0.330 e. The van der Waals surface area contributed by atoms with Crippen molar-refractivity contribution in [2.24, 2.45) is 5.73 Å². The normalized spacial score (nSPS) is 13.5. The Morgan fingerprint density at radius 1 is 1.25 bits per heavy atom. The number of halogens is 3. The molecule has 0 unspecified atom stereocenters. The van der Waals surface area contributed by atoms with E-state index in [1.54, 1.807) is 13.8 Å². The highest BCUT2D eigenvalue weighted by Crippen LogP contribution is 2.30. The molecule has 0 aromatic heterocycles. The Morgan fingerprint density at radius 2 is 1.85 bits per heavy atom. The van der Waals surface area contributed by atoms with Crippen molar-refractivity contribution >= 4 is 10.0 Å². The summed E-state index contributed by atoms with van der Waals surface area (Å²) in [6.45, 7) is 3.49. The van der Waals surface area contributed by atoms with Crippen molar-refractivity contribution in [2.45, 2.75) is 36.9 Å². The molecule has 1 aromatic carbocycles. The van der Waals surface area contributed by atoms with Crippen molar-refractivity contribution in [3.63, 3.8) is 0 Å². The molecule has 0 aliphatic carbocycles. The van der Waals surface area contributed by atoms with E-state index in [0.717, 1.165) is 18.2 Å². The molecule has 1 rings (SSSR count). The van der Waals surface area contributed by atoms with Crippen molar-refractivity contribution < 1.29 is 21.6 Å². The Balaban J connectivity index is 3.11. The first kappa shape index (κ1) is 16.9. The third-order valence-corrected chi connectivity index (χ3v) is 4.35. The molecule has 0 amide bonds. The highest BCUT2D eigenvalue weighted by atomic mass is 32.2. The minimum absolute atomic E-state index is 0.262. The third-order valence-electron chi connectivity index (χ3n) is 2.65. The van der Waals surface area contributed by atoms with E-state index in [9.17, 15) is 21.6 Å². The monoisotopic (exact) mass is 310 g/mol. The maximum absolute atomic E-state index is 12.6. The van der Waals surface area contributed by atoms with E-state index in [-0.39, 0.29) is 6.54 Å². The van der Waals surface area contributed by atoms with E-state index < -0.39 is 32.2 Å². The molecule has 0 atom stereocenters. The van der Waals surface area contributed by atoms with Gasteiger partial charge in [0, 0.05) is 5.54 Å². The summed E-state index contributed by atoms with van der Waals surface area (Å²) in [5.41, 5.74) is 3.54. The molecular formula is C12H17F3N2O2S. The van der Waals surface area contributed by atoms with Crippen LogP contribution in [0.15, 0.2) is 29.2 Å². The van der Waals surface area contributed by atoms with Gasteiger partial charge in [-0.05, 0) is 45.0 Å². The number of benzene rings is 1. The lowest BCUT2D eigenvalue weighted by Gasteiger charge is -2.25. The molecule has 0 saturated carbocycles. The second-order valence-electron chi connectivity index (χ2n) is 5.05. The Morgan fingerprint density at radius 3 is 2.35 bits per heavy atom. The summed E-state index contributed by atoms with van der Waals surface area (Å²) in [6, 6.07) is 3.62. The van der Waals surface area contributed by atoms with Crippen molar-refractivity contribution in [1.29, 1.82) is 0 Å². The number of rotatable bonds is 5. The van der Waals surface area contributed by atoms with E-state index in [2.05, 4.69) is 4.72 Å². The summed E-state index contributed by atoms with van der Waals surface area (Å²) < 4.78 is 64.3. The van der Waals surface area contributed by atoms with Crippen LogP contribution in [0.25, 0.3) is 0 Å². The average molecular weight is 310 g/mol. The zero-order chi connectivity index (χ0) is 15.6. The number of hydrogen-bond donors (Lipinski definition) is 2. The Bertz CT molecular complexity index is 568. The summed E-state index contributed by atoms with van der Waals surface area (Å²) in [4.78, 5) is -0.419. The summed E-state index contributed by atoms with van der Waals surface area (Å²) in [5, 5.41) is 0. The van der Waals surface area contributed by atoms with Crippen LogP contribution < -0.4 is 10.5 Å². The molecule has 0 aliphatic rings. The van der Waals surface area contributed by atoms with Crippen LogP contribution >= 0.6 is 0 Å². The van der Waals surface area contributed by atoms with E-state index in [1.807, 2.05) is 0 Å². The van der Waals surface area contributed by atoms with Crippen LogP contribution in [-0.2, 0) is 16.2 Å². The minimum Gasteiger partial charge on any atom is -0.330 e. The number of sulfonamides is 1. The maximum atomic E-state index is 12.6. The maximum Gasteiger partial charge on any atom is 0.416 e. The largest absolute Gasteiger partial charge is 0.416 e. The van der Waals surface area contributed by atoms with Gasteiger partial charge in [-0.3, -0.25) is 0 Å². The van der Waals surface area contributed by atoms with E-state index >= 15 is 0 Å². The zero-order valence-corrected chi connectivity index (χ0v) is 12.0. The highest BCUT2D eigenvalue weighted by Gasteiger charge is 2.32. The number of nitrogens with two attached hydrogens (primary N) is 1. The molecule has 8 heteroatoms. The molecule has 3 N–H and O–H groups in total. The second-order valence-corrected chi connectivity index (χ2v) is 6.74. The van der Waals surface area contributed by atoms with Gasteiger partial charge in [-0.15, -0.1) is 0 Å². The summed E-state index contributed by atoms with van der Waals surface area (Å²) in [6.07, 6.45) is -4.22. The van der Waals surface area contributed by atoms with Gasteiger partial charge in [-0.1, -0.05) is 6.07 Å². The van der Waals surface area contributed by atoms with E-state index in [4.69, 9.17) is 5.73 Å². The fraction of sp³-hybridized carbons (Fsp3) is 0.500. The summed E-state index contributed by atoms with van der Waals surface area (Å²) in [5.74, 6) is 0. The first-order valence-electron chi connectivity index (χ1n) is 5.89. The SMILES string of the molecule is CC(C)(CCN)NS(=O)(=O)c1cccc(C(F)(F)F)c1. The number of alkyl halides is 3. The second kappa shape index (κ2) is 5.71. The van der Waals surface area contributed by atoms with Crippen molar-refractivity contribution in [3.05, 3.63) is 29.8 Å². The van der Waals surface area contributed by atoms with Gasteiger partial charge in [0.2, 0.25) is 10.0 Å². The lowest BCUT2D eigenvalue weighted by atomic mass is 10.0. The Hall–Kier alpha value is -1.12. The first-order valence-corrected chi connectivity index (χ1v) is 7.37. The molecule has 1 aromatic rings. The molecule has 0 aliphatic heterocycles. The highest BCUT2D eigenvalue weighted by molar-refractivity contribution is 7.89. The van der Waals surface area contributed by atoms with Crippen LogP contribution in [0.1, 0.15) is 25.8 Å². The van der Waals surface area contributed by atoms with Gasteiger partial charge < -0.3 is 5.73 Å². The molecule has 114 valence electrons. The Labute approximate surface area is 116 Å². The van der Waals surface area contributed by atoms with Gasteiger partial charge in [0.25, 0.3) is 0 Å². The molecule has 0 radical (unpaired) electrons. The number of nitrogens with one attached hydrogen (secondary N) is 1. The van der Waals surface area contributed by atoms with Gasteiger partial charge in [-0.2, -0.15) is 13.2 Å². The molecule has 0 heterocycles. The van der Waals surface area contributed by atoms with Crippen molar-refractivity contribution in [3.8, 4) is 0 Å². The van der Waals surface area contributed by atoms with Crippen LogP contribution in [0.2, 0.25) is 0 Å². The predicted octanol–water partition coefficient (Wildman–Crippen LogP) is 2.11. The molecule has 4 nitrogen and oxygen atoms in total. The topological polar surface area (TPSA) is 72.2 Å². The van der Waals surface area contributed by atoms with Gasteiger partial charge in [0.05, 0.1) is 10.5 Å². The quantitative estimate of drug-likeness (QED) is 0.875. The van der Waals surface area contributed by atoms with Crippen LogP contribution in [0.5, 0.6) is 0 Å². The standard InChI is InChI=1S/C12H17F3N2O2S/c1-11(2,6-7-16)17-20(18,19)10-5-3-4-9(8-10)12(13,14)15/h3-5,8,17H,6-7,16H2,1-2H3. The van der Waals surface area contributed by atoms with Gasteiger partial charge in [0.1, 0.15) is 0 Å². The van der Waals surface area contributed by atoms with Crippen molar-refractivity contribution in [1.82, 2.24) is 4.72 Å².